The summed E-state index contributed by atoms with van der Waals surface area (Å²) < 4.78 is 0. The highest BCUT2D eigenvalue weighted by atomic mass is 32.1. The summed E-state index contributed by atoms with van der Waals surface area (Å²) in [7, 11) is 0. The molecule has 3 rings (SSSR count). The second kappa shape index (κ2) is 5.93. The van der Waals surface area contributed by atoms with Crippen molar-refractivity contribution in [1.29, 1.82) is 10.8 Å². The molecule has 3 heterocycles. The van der Waals surface area contributed by atoms with Gasteiger partial charge in [0.25, 0.3) is 0 Å². The predicted octanol–water partition coefficient (Wildman–Crippen LogP) is 1.84. The molecule has 8 heteroatoms. The van der Waals surface area contributed by atoms with Crippen molar-refractivity contribution in [3.8, 4) is 21.1 Å². The summed E-state index contributed by atoms with van der Waals surface area (Å²) in [5.74, 6) is -0.0724. The van der Waals surface area contributed by atoms with Crippen LogP contribution in [0.15, 0.2) is 42.9 Å². The van der Waals surface area contributed by atoms with Crippen LogP contribution in [0.3, 0.4) is 0 Å². The van der Waals surface area contributed by atoms with Gasteiger partial charge in [-0.2, -0.15) is 0 Å². The van der Waals surface area contributed by atoms with E-state index in [2.05, 4.69) is 15.0 Å². The third kappa shape index (κ3) is 3.06. The number of hydrogen-bond acceptors (Lipinski definition) is 6. The second-order valence-electron chi connectivity index (χ2n) is 4.72. The highest BCUT2D eigenvalue weighted by Gasteiger charge is 2.09. The van der Waals surface area contributed by atoms with Crippen LogP contribution in [0.1, 0.15) is 11.3 Å². The Morgan fingerprint density at radius 3 is 2.26 bits per heavy atom. The topological polar surface area (TPSA) is 138 Å². The van der Waals surface area contributed by atoms with Gasteiger partial charge in [-0.15, -0.1) is 11.3 Å². The van der Waals surface area contributed by atoms with E-state index in [1.807, 2.05) is 6.07 Å². The molecule has 6 N–H and O–H groups in total. The molecular formula is C15H13N7S. The average Bonchev–Trinajstić information content (AvgIpc) is 3.05. The first-order chi connectivity index (χ1) is 11.0. The molecule has 3 aromatic rings. The maximum atomic E-state index is 7.37. The van der Waals surface area contributed by atoms with Gasteiger partial charge in [0, 0.05) is 29.7 Å². The molecule has 0 aromatic carbocycles. The van der Waals surface area contributed by atoms with Crippen molar-refractivity contribution in [2.24, 2.45) is 11.5 Å². The summed E-state index contributed by atoms with van der Waals surface area (Å²) in [6.45, 7) is 0. The lowest BCUT2D eigenvalue weighted by Crippen LogP contribution is -2.12. The van der Waals surface area contributed by atoms with Crippen molar-refractivity contribution >= 4 is 23.0 Å². The smallest absolute Gasteiger partial charge is 0.142 e. The fraction of sp³-hybridized carbons (Fsp3) is 0. The van der Waals surface area contributed by atoms with Crippen LogP contribution < -0.4 is 11.5 Å². The number of nitrogens with zero attached hydrogens (tertiary/aromatic N) is 3. The predicted molar refractivity (Wildman–Crippen MR) is 90.6 cm³/mol. The van der Waals surface area contributed by atoms with Gasteiger partial charge in [-0.1, -0.05) is 0 Å². The number of amidine groups is 2. The lowest BCUT2D eigenvalue weighted by Gasteiger charge is -2.00. The minimum absolute atomic E-state index is 0.0134. The molecule has 0 amide bonds. The number of aromatic nitrogens is 3. The van der Waals surface area contributed by atoms with Gasteiger partial charge in [0.15, 0.2) is 0 Å². The molecule has 0 aliphatic rings. The summed E-state index contributed by atoms with van der Waals surface area (Å²) in [5, 5.41) is 15.5. The standard InChI is InChI=1S/C15H13N7S/c16-13(17)9-2-4-11(21-6-9)15-22-7-12(23-15)8-1-3-10(14(18)19)20-5-8/h1-7H,(H3,16,17)(H3,18,19). The van der Waals surface area contributed by atoms with Crippen LogP contribution >= 0.6 is 11.3 Å². The SMILES string of the molecule is N=C(N)c1ccc(-c2ncc(-c3ccc(C(=N)N)nc3)s2)nc1. The highest BCUT2D eigenvalue weighted by molar-refractivity contribution is 7.18. The number of hydrogen-bond donors (Lipinski definition) is 4. The second-order valence-corrected chi connectivity index (χ2v) is 5.75. The maximum absolute atomic E-state index is 7.37. The molecule has 0 aliphatic carbocycles. The van der Waals surface area contributed by atoms with Crippen molar-refractivity contribution in [2.45, 2.75) is 0 Å². The zero-order chi connectivity index (χ0) is 16.4. The van der Waals surface area contributed by atoms with E-state index < -0.39 is 0 Å². The van der Waals surface area contributed by atoms with Crippen LogP contribution in [0.25, 0.3) is 21.1 Å². The molecule has 114 valence electrons. The minimum atomic E-state index is -0.0590. The van der Waals surface area contributed by atoms with Gasteiger partial charge in [-0.3, -0.25) is 20.8 Å². The van der Waals surface area contributed by atoms with E-state index in [4.69, 9.17) is 22.3 Å². The molecular weight excluding hydrogens is 310 g/mol. The van der Waals surface area contributed by atoms with E-state index >= 15 is 0 Å². The number of thiazole rings is 1. The van der Waals surface area contributed by atoms with E-state index in [0.29, 0.717) is 11.3 Å². The Balaban J connectivity index is 1.87. The first-order valence-electron chi connectivity index (χ1n) is 6.62. The van der Waals surface area contributed by atoms with E-state index in [0.717, 1.165) is 21.1 Å². The van der Waals surface area contributed by atoms with Crippen molar-refractivity contribution in [1.82, 2.24) is 15.0 Å². The van der Waals surface area contributed by atoms with Crippen LogP contribution in [-0.4, -0.2) is 26.6 Å². The number of rotatable bonds is 4. The normalized spacial score (nSPS) is 10.4. The Hall–Kier alpha value is -3.13. The molecule has 0 saturated carbocycles. The Morgan fingerprint density at radius 2 is 1.70 bits per heavy atom. The lowest BCUT2D eigenvalue weighted by molar-refractivity contribution is 1.26. The molecule has 3 aromatic heterocycles. The van der Waals surface area contributed by atoms with Crippen LogP contribution in [-0.2, 0) is 0 Å². The van der Waals surface area contributed by atoms with Crippen LogP contribution in [0, 0.1) is 10.8 Å². The van der Waals surface area contributed by atoms with Gasteiger partial charge in [0.1, 0.15) is 22.4 Å². The molecule has 0 aliphatic heterocycles. The average molecular weight is 323 g/mol. The summed E-state index contributed by atoms with van der Waals surface area (Å²) in [5.41, 5.74) is 13.5. The molecule has 0 unspecified atom stereocenters. The number of nitrogen functional groups attached to an aromatic ring is 2. The fourth-order valence-electron chi connectivity index (χ4n) is 1.90. The van der Waals surface area contributed by atoms with Gasteiger partial charge in [0.05, 0.1) is 10.6 Å². The van der Waals surface area contributed by atoms with Gasteiger partial charge in [-0.05, 0) is 24.3 Å². The number of nitrogens with two attached hydrogens (primary N) is 2. The van der Waals surface area contributed by atoms with Crippen LogP contribution in [0.5, 0.6) is 0 Å². The molecule has 0 spiro atoms. The molecule has 23 heavy (non-hydrogen) atoms. The molecule has 0 bridgehead atoms. The van der Waals surface area contributed by atoms with Crippen LogP contribution in [0.4, 0.5) is 0 Å². The van der Waals surface area contributed by atoms with Crippen LogP contribution in [0.2, 0.25) is 0 Å². The van der Waals surface area contributed by atoms with Crippen molar-refractivity contribution in [3.63, 3.8) is 0 Å². The summed E-state index contributed by atoms with van der Waals surface area (Å²) in [6, 6.07) is 7.09. The summed E-state index contributed by atoms with van der Waals surface area (Å²) >= 11 is 1.48. The first-order valence-corrected chi connectivity index (χ1v) is 7.43. The van der Waals surface area contributed by atoms with E-state index in [-0.39, 0.29) is 11.7 Å². The zero-order valence-electron chi connectivity index (χ0n) is 11.9. The Kier molecular flexibility index (Phi) is 3.82. The highest BCUT2D eigenvalue weighted by Crippen LogP contribution is 2.30. The molecule has 7 nitrogen and oxygen atoms in total. The Morgan fingerprint density at radius 1 is 0.870 bits per heavy atom. The minimum Gasteiger partial charge on any atom is -0.384 e. The summed E-state index contributed by atoms with van der Waals surface area (Å²) in [4.78, 5) is 13.7. The fourth-order valence-corrected chi connectivity index (χ4v) is 2.79. The largest absolute Gasteiger partial charge is 0.384 e. The lowest BCUT2D eigenvalue weighted by atomic mass is 10.2. The summed E-state index contributed by atoms with van der Waals surface area (Å²) in [6.07, 6.45) is 4.98. The third-order valence-corrected chi connectivity index (χ3v) is 4.19. The maximum Gasteiger partial charge on any atom is 0.142 e. The van der Waals surface area contributed by atoms with E-state index in [1.54, 1.807) is 36.8 Å². The van der Waals surface area contributed by atoms with Gasteiger partial charge in [-0.25, -0.2) is 4.98 Å². The van der Waals surface area contributed by atoms with E-state index in [9.17, 15) is 0 Å². The molecule has 0 saturated heterocycles. The number of pyridine rings is 2. The van der Waals surface area contributed by atoms with Crippen molar-refractivity contribution in [3.05, 3.63) is 54.1 Å². The van der Waals surface area contributed by atoms with Gasteiger partial charge >= 0.3 is 0 Å². The van der Waals surface area contributed by atoms with Crippen molar-refractivity contribution < 1.29 is 0 Å². The quantitative estimate of drug-likeness (QED) is 0.428. The van der Waals surface area contributed by atoms with Gasteiger partial charge in [0.2, 0.25) is 0 Å². The first kappa shape index (κ1) is 14.8. The Bertz CT molecular complexity index is 794. The number of nitrogens with one attached hydrogen (secondary N) is 2. The molecule has 0 atom stereocenters. The third-order valence-electron chi connectivity index (χ3n) is 3.12. The van der Waals surface area contributed by atoms with Gasteiger partial charge < -0.3 is 11.5 Å². The zero-order valence-corrected chi connectivity index (χ0v) is 12.8. The van der Waals surface area contributed by atoms with E-state index in [1.165, 1.54) is 11.3 Å². The van der Waals surface area contributed by atoms with Crippen molar-refractivity contribution in [2.75, 3.05) is 0 Å². The monoisotopic (exact) mass is 323 g/mol. The molecule has 0 fully saturated rings. The Labute approximate surface area is 136 Å². The molecule has 0 radical (unpaired) electrons.